The van der Waals surface area contributed by atoms with E-state index in [1.165, 1.54) is 0 Å². The maximum atomic E-state index is 8.81. The number of pyridine rings is 1. The molecule has 1 aromatic carbocycles. The number of oxime groups is 1. The van der Waals surface area contributed by atoms with Gasteiger partial charge in [0, 0.05) is 30.0 Å². The van der Waals surface area contributed by atoms with Gasteiger partial charge in [0.15, 0.2) is 5.82 Å². The number of rotatable bonds is 3. The Bertz CT molecular complexity index is 822. The number of para-hydroxylation sites is 1. The molecule has 3 N–H and O–H groups in total. The number of hydrogen-bond acceptors (Lipinski definition) is 4. The van der Waals surface area contributed by atoms with Crippen LogP contribution < -0.4 is 5.73 Å². The zero-order valence-corrected chi connectivity index (χ0v) is 11.6. The standard InChI is InChI=1S/C15H15N5O/c1-10-8-11(12-4-2-3-5-13(12)18-10)9-20-7-6-17-15(20)14(16)19-21/h2-8,21H,9H2,1H3,(H2,16,19). The lowest BCUT2D eigenvalue weighted by atomic mass is 10.1. The molecule has 2 aromatic heterocycles. The summed E-state index contributed by atoms with van der Waals surface area (Å²) in [6, 6.07) is 10.0. The summed E-state index contributed by atoms with van der Waals surface area (Å²) < 4.78 is 1.84. The number of aromatic nitrogens is 3. The first kappa shape index (κ1) is 13.1. The summed E-state index contributed by atoms with van der Waals surface area (Å²) in [6.07, 6.45) is 3.43. The fourth-order valence-electron chi connectivity index (χ4n) is 2.42. The quantitative estimate of drug-likeness (QED) is 0.332. The van der Waals surface area contributed by atoms with Crippen molar-refractivity contribution in [3.05, 3.63) is 59.8 Å². The van der Waals surface area contributed by atoms with Crippen LogP contribution in [0.3, 0.4) is 0 Å². The summed E-state index contributed by atoms with van der Waals surface area (Å²) in [4.78, 5) is 8.64. The van der Waals surface area contributed by atoms with Gasteiger partial charge in [-0.25, -0.2) is 4.98 Å². The summed E-state index contributed by atoms with van der Waals surface area (Å²) in [5.74, 6) is 0.436. The van der Waals surface area contributed by atoms with Gasteiger partial charge in [0.1, 0.15) is 0 Å². The summed E-state index contributed by atoms with van der Waals surface area (Å²) >= 11 is 0. The summed E-state index contributed by atoms with van der Waals surface area (Å²) in [5.41, 5.74) is 8.66. The third-order valence-electron chi connectivity index (χ3n) is 3.32. The molecule has 0 saturated carbocycles. The van der Waals surface area contributed by atoms with E-state index in [2.05, 4.69) is 15.1 Å². The second kappa shape index (κ2) is 5.24. The van der Waals surface area contributed by atoms with Crippen molar-refractivity contribution >= 4 is 16.7 Å². The lowest BCUT2D eigenvalue weighted by Crippen LogP contribution is -2.20. The SMILES string of the molecule is Cc1cc(Cn2ccnc2/C(N)=N/O)c2ccccc2n1. The maximum absolute atomic E-state index is 8.81. The van der Waals surface area contributed by atoms with E-state index in [1.807, 2.05) is 41.8 Å². The predicted octanol–water partition coefficient (Wildman–Crippen LogP) is 1.88. The van der Waals surface area contributed by atoms with Gasteiger partial charge < -0.3 is 15.5 Å². The Balaban J connectivity index is 2.09. The number of nitrogens with zero attached hydrogens (tertiary/aromatic N) is 4. The smallest absolute Gasteiger partial charge is 0.206 e. The Morgan fingerprint density at radius 1 is 1.38 bits per heavy atom. The van der Waals surface area contributed by atoms with Gasteiger partial charge in [0.25, 0.3) is 0 Å². The van der Waals surface area contributed by atoms with Crippen molar-refractivity contribution in [1.82, 2.24) is 14.5 Å². The molecule has 6 nitrogen and oxygen atoms in total. The van der Waals surface area contributed by atoms with Crippen LogP contribution in [0.2, 0.25) is 0 Å². The van der Waals surface area contributed by atoms with Crippen LogP contribution in [0.4, 0.5) is 0 Å². The number of hydrogen-bond donors (Lipinski definition) is 2. The van der Waals surface area contributed by atoms with Crippen LogP contribution in [0, 0.1) is 6.92 Å². The minimum Gasteiger partial charge on any atom is -0.409 e. The molecule has 0 amide bonds. The Labute approximate surface area is 121 Å². The number of benzene rings is 1. The number of nitrogens with two attached hydrogens (primary N) is 1. The van der Waals surface area contributed by atoms with Gasteiger partial charge in [0.05, 0.1) is 5.52 Å². The molecule has 0 bridgehead atoms. The Kier molecular flexibility index (Phi) is 3.27. The maximum Gasteiger partial charge on any atom is 0.206 e. The monoisotopic (exact) mass is 281 g/mol. The van der Waals surface area contributed by atoms with E-state index in [1.54, 1.807) is 12.4 Å². The number of amidine groups is 1. The molecule has 0 spiro atoms. The van der Waals surface area contributed by atoms with Crippen molar-refractivity contribution in [2.75, 3.05) is 0 Å². The minimum atomic E-state index is -0.00455. The van der Waals surface area contributed by atoms with Crippen LogP contribution in [0.15, 0.2) is 47.9 Å². The van der Waals surface area contributed by atoms with Crippen LogP contribution >= 0.6 is 0 Å². The van der Waals surface area contributed by atoms with Crippen molar-refractivity contribution < 1.29 is 5.21 Å². The highest BCUT2D eigenvalue weighted by Crippen LogP contribution is 2.19. The molecular formula is C15H15N5O. The highest BCUT2D eigenvalue weighted by atomic mass is 16.4. The number of fused-ring (bicyclic) bond motifs is 1. The molecule has 0 fully saturated rings. The molecule has 21 heavy (non-hydrogen) atoms. The molecule has 0 atom stereocenters. The molecule has 2 heterocycles. The van der Waals surface area contributed by atoms with Crippen molar-refractivity contribution in [3.8, 4) is 0 Å². The van der Waals surface area contributed by atoms with E-state index >= 15 is 0 Å². The Morgan fingerprint density at radius 2 is 2.19 bits per heavy atom. The predicted molar refractivity (Wildman–Crippen MR) is 80.3 cm³/mol. The van der Waals surface area contributed by atoms with Crippen molar-refractivity contribution in [1.29, 1.82) is 0 Å². The van der Waals surface area contributed by atoms with Crippen molar-refractivity contribution in [2.45, 2.75) is 13.5 Å². The van der Waals surface area contributed by atoms with Gasteiger partial charge in [0.2, 0.25) is 5.84 Å². The molecule has 3 rings (SSSR count). The molecule has 0 aliphatic carbocycles. The molecule has 6 heteroatoms. The zero-order chi connectivity index (χ0) is 14.8. The number of imidazole rings is 1. The highest BCUT2D eigenvalue weighted by Gasteiger charge is 2.10. The van der Waals surface area contributed by atoms with E-state index in [4.69, 9.17) is 10.9 Å². The second-order valence-corrected chi connectivity index (χ2v) is 4.80. The fourth-order valence-corrected chi connectivity index (χ4v) is 2.42. The van der Waals surface area contributed by atoms with Crippen molar-refractivity contribution in [2.24, 2.45) is 10.9 Å². The van der Waals surface area contributed by atoms with Crippen LogP contribution in [0.5, 0.6) is 0 Å². The van der Waals surface area contributed by atoms with E-state index in [0.717, 1.165) is 22.2 Å². The molecule has 106 valence electrons. The van der Waals surface area contributed by atoms with E-state index in [0.29, 0.717) is 12.4 Å². The zero-order valence-electron chi connectivity index (χ0n) is 11.6. The molecular weight excluding hydrogens is 266 g/mol. The Hall–Kier alpha value is -2.89. The second-order valence-electron chi connectivity index (χ2n) is 4.80. The van der Waals surface area contributed by atoms with Crippen LogP contribution in [-0.2, 0) is 6.54 Å². The largest absolute Gasteiger partial charge is 0.409 e. The van der Waals surface area contributed by atoms with Gasteiger partial charge in [-0.3, -0.25) is 4.98 Å². The first-order valence-electron chi connectivity index (χ1n) is 6.53. The fraction of sp³-hybridized carbons (Fsp3) is 0.133. The van der Waals surface area contributed by atoms with Gasteiger partial charge in [-0.2, -0.15) is 0 Å². The lowest BCUT2D eigenvalue weighted by Gasteiger charge is -2.10. The summed E-state index contributed by atoms with van der Waals surface area (Å²) in [5, 5.41) is 12.9. The first-order chi connectivity index (χ1) is 10.2. The van der Waals surface area contributed by atoms with Gasteiger partial charge in [-0.05, 0) is 24.6 Å². The minimum absolute atomic E-state index is 0.00455. The van der Waals surface area contributed by atoms with Crippen molar-refractivity contribution in [3.63, 3.8) is 0 Å². The van der Waals surface area contributed by atoms with E-state index in [-0.39, 0.29) is 5.84 Å². The normalized spacial score (nSPS) is 12.0. The molecule has 0 unspecified atom stereocenters. The summed E-state index contributed by atoms with van der Waals surface area (Å²) in [6.45, 7) is 2.55. The molecule has 0 saturated heterocycles. The molecule has 0 radical (unpaired) electrons. The lowest BCUT2D eigenvalue weighted by molar-refractivity contribution is 0.318. The average Bonchev–Trinajstić information content (AvgIpc) is 2.94. The van der Waals surface area contributed by atoms with Crippen LogP contribution in [-0.4, -0.2) is 25.6 Å². The van der Waals surface area contributed by atoms with Gasteiger partial charge in [-0.1, -0.05) is 23.4 Å². The van der Waals surface area contributed by atoms with Gasteiger partial charge in [-0.15, -0.1) is 0 Å². The molecule has 3 aromatic rings. The van der Waals surface area contributed by atoms with Crippen LogP contribution in [0.25, 0.3) is 10.9 Å². The average molecular weight is 281 g/mol. The van der Waals surface area contributed by atoms with E-state index in [9.17, 15) is 0 Å². The summed E-state index contributed by atoms with van der Waals surface area (Å²) in [7, 11) is 0. The number of aryl methyl sites for hydroxylation is 1. The Morgan fingerprint density at radius 3 is 3.00 bits per heavy atom. The van der Waals surface area contributed by atoms with Crippen LogP contribution in [0.1, 0.15) is 17.1 Å². The first-order valence-corrected chi connectivity index (χ1v) is 6.53. The third-order valence-corrected chi connectivity index (χ3v) is 3.32. The molecule has 0 aliphatic heterocycles. The third kappa shape index (κ3) is 2.43. The topological polar surface area (TPSA) is 89.3 Å². The molecule has 0 aliphatic rings. The highest BCUT2D eigenvalue weighted by molar-refractivity contribution is 5.93. The van der Waals surface area contributed by atoms with Gasteiger partial charge >= 0.3 is 0 Å². The van der Waals surface area contributed by atoms with E-state index < -0.39 is 0 Å².